The van der Waals surface area contributed by atoms with E-state index in [2.05, 4.69) is 4.98 Å². The van der Waals surface area contributed by atoms with Crippen molar-refractivity contribution in [3.63, 3.8) is 0 Å². The molecule has 2 aromatic carbocycles. The lowest BCUT2D eigenvalue weighted by Gasteiger charge is -2.19. The van der Waals surface area contributed by atoms with Crippen molar-refractivity contribution in [3.05, 3.63) is 65.6 Å². The first-order valence-electron chi connectivity index (χ1n) is 10.2. The monoisotopic (exact) mass is 427 g/mol. The highest BCUT2D eigenvalue weighted by Crippen LogP contribution is 2.32. The lowest BCUT2D eigenvalue weighted by molar-refractivity contribution is -0.149. The molecule has 1 atom stereocenters. The van der Waals surface area contributed by atoms with Gasteiger partial charge in [0, 0.05) is 18.4 Å². The molecule has 7 heteroatoms. The van der Waals surface area contributed by atoms with E-state index in [-0.39, 0.29) is 31.3 Å². The number of aromatic nitrogens is 1. The van der Waals surface area contributed by atoms with Gasteiger partial charge in [0.05, 0.1) is 17.2 Å². The molecule has 31 heavy (non-hydrogen) atoms. The zero-order valence-corrected chi connectivity index (χ0v) is 17.8. The average Bonchev–Trinajstić information content (AvgIpc) is 2.73. The zero-order chi connectivity index (χ0) is 22.4. The fraction of sp³-hybridized carbons (Fsp3) is 0.333. The number of carboxylic acid groups (broad SMARTS) is 1. The van der Waals surface area contributed by atoms with E-state index in [0.717, 1.165) is 0 Å². The van der Waals surface area contributed by atoms with Gasteiger partial charge in [-0.15, -0.1) is 0 Å². The van der Waals surface area contributed by atoms with Crippen molar-refractivity contribution >= 4 is 16.9 Å². The fourth-order valence-electron chi connectivity index (χ4n) is 3.27. The number of halogens is 1. The average molecular weight is 427 g/mol. The van der Waals surface area contributed by atoms with Crippen LogP contribution in [0.25, 0.3) is 10.9 Å². The van der Waals surface area contributed by atoms with Gasteiger partial charge < -0.3 is 19.3 Å². The minimum absolute atomic E-state index is 0.116. The zero-order valence-electron chi connectivity index (χ0n) is 17.8. The number of para-hydroxylation sites is 2. The summed E-state index contributed by atoms with van der Waals surface area (Å²) in [5.41, 5.74) is 1.37. The molecule has 0 aliphatic rings. The number of ether oxygens (including phenoxy) is 3. The number of carbonyl (C=O) groups is 1. The number of fused-ring (bicyclic) bond motifs is 1. The van der Waals surface area contributed by atoms with E-state index < -0.39 is 18.0 Å². The van der Waals surface area contributed by atoms with Gasteiger partial charge in [0.25, 0.3) is 0 Å². The second-order valence-corrected chi connectivity index (χ2v) is 7.28. The van der Waals surface area contributed by atoms with Gasteiger partial charge in [-0.1, -0.05) is 30.3 Å². The number of rotatable bonds is 10. The van der Waals surface area contributed by atoms with Crippen LogP contribution in [-0.4, -0.2) is 34.9 Å². The molecule has 0 amide bonds. The summed E-state index contributed by atoms with van der Waals surface area (Å²) in [5.74, 6) is -0.858. The van der Waals surface area contributed by atoms with Gasteiger partial charge in [0.15, 0.2) is 6.10 Å². The normalized spacial score (nSPS) is 12.2. The molecule has 0 aliphatic heterocycles. The summed E-state index contributed by atoms with van der Waals surface area (Å²) in [4.78, 5) is 15.5. The van der Waals surface area contributed by atoms with Crippen LogP contribution in [0, 0.1) is 5.95 Å². The van der Waals surface area contributed by atoms with Crippen molar-refractivity contribution in [2.75, 3.05) is 6.61 Å². The Morgan fingerprint density at radius 1 is 1.13 bits per heavy atom. The van der Waals surface area contributed by atoms with Crippen LogP contribution in [0.5, 0.6) is 11.5 Å². The minimum atomic E-state index is -1.05. The topological polar surface area (TPSA) is 77.9 Å². The van der Waals surface area contributed by atoms with Gasteiger partial charge in [-0.25, -0.2) is 9.78 Å². The van der Waals surface area contributed by atoms with Gasteiger partial charge in [-0.2, -0.15) is 4.39 Å². The Morgan fingerprint density at radius 3 is 2.55 bits per heavy atom. The van der Waals surface area contributed by atoms with E-state index in [1.165, 1.54) is 0 Å². The van der Waals surface area contributed by atoms with Crippen molar-refractivity contribution in [2.24, 2.45) is 0 Å². The first-order chi connectivity index (χ1) is 14.9. The molecule has 1 aromatic heterocycles. The highest BCUT2D eigenvalue weighted by atomic mass is 19.1. The molecule has 0 saturated carbocycles. The van der Waals surface area contributed by atoms with Crippen molar-refractivity contribution < 1.29 is 28.5 Å². The Bertz CT molecular complexity index is 1050. The SMILES string of the molecule is CCOC(Cc1ccccc1OCc1c(F)nc2ccccc2c1OC(C)C)C(=O)O. The van der Waals surface area contributed by atoms with E-state index in [0.29, 0.717) is 28.0 Å². The summed E-state index contributed by atoms with van der Waals surface area (Å²) in [6.07, 6.45) is -1.03. The number of hydrogen-bond donors (Lipinski definition) is 1. The maximum Gasteiger partial charge on any atom is 0.333 e. The molecule has 0 saturated heterocycles. The third kappa shape index (κ3) is 5.49. The number of carboxylic acids is 1. The molecular formula is C24H26FNO5. The number of pyridine rings is 1. The summed E-state index contributed by atoms with van der Waals surface area (Å²) in [5, 5.41) is 10.1. The highest BCUT2D eigenvalue weighted by molar-refractivity contribution is 5.86. The molecule has 0 spiro atoms. The quantitative estimate of drug-likeness (QED) is 0.470. The first kappa shape index (κ1) is 22.5. The number of aliphatic carboxylic acids is 1. The van der Waals surface area contributed by atoms with Crippen LogP contribution in [0.15, 0.2) is 48.5 Å². The van der Waals surface area contributed by atoms with Gasteiger partial charge in [-0.05, 0) is 44.5 Å². The van der Waals surface area contributed by atoms with E-state index >= 15 is 0 Å². The summed E-state index contributed by atoms with van der Waals surface area (Å²) >= 11 is 0. The van der Waals surface area contributed by atoms with Gasteiger partial charge >= 0.3 is 5.97 Å². The molecule has 1 heterocycles. The highest BCUT2D eigenvalue weighted by Gasteiger charge is 2.22. The molecule has 3 aromatic rings. The fourth-order valence-corrected chi connectivity index (χ4v) is 3.27. The Kier molecular flexibility index (Phi) is 7.41. The predicted octanol–water partition coefficient (Wildman–Crippen LogP) is 4.77. The van der Waals surface area contributed by atoms with Crippen molar-refractivity contribution in [1.82, 2.24) is 4.98 Å². The molecule has 0 fully saturated rings. The van der Waals surface area contributed by atoms with E-state index in [9.17, 15) is 14.3 Å². The Labute approximate surface area is 180 Å². The van der Waals surface area contributed by atoms with Gasteiger partial charge in [0.1, 0.15) is 18.1 Å². The summed E-state index contributed by atoms with van der Waals surface area (Å²) < 4.78 is 32.0. The molecule has 0 bridgehead atoms. The van der Waals surface area contributed by atoms with Crippen LogP contribution in [0.2, 0.25) is 0 Å². The van der Waals surface area contributed by atoms with E-state index in [1.807, 2.05) is 26.0 Å². The number of hydrogen-bond acceptors (Lipinski definition) is 5. The number of nitrogens with zero attached hydrogens (tertiary/aromatic N) is 1. The summed E-state index contributed by atoms with van der Waals surface area (Å²) in [6, 6.07) is 14.2. The Morgan fingerprint density at radius 2 is 1.84 bits per heavy atom. The van der Waals surface area contributed by atoms with Crippen LogP contribution >= 0.6 is 0 Å². The third-order valence-corrected chi connectivity index (χ3v) is 4.64. The van der Waals surface area contributed by atoms with Crippen molar-refractivity contribution in [1.29, 1.82) is 0 Å². The largest absolute Gasteiger partial charge is 0.490 e. The Balaban J connectivity index is 1.91. The second kappa shape index (κ2) is 10.2. The van der Waals surface area contributed by atoms with Crippen molar-refractivity contribution in [3.8, 4) is 11.5 Å². The molecular weight excluding hydrogens is 401 g/mol. The molecule has 0 radical (unpaired) electrons. The summed E-state index contributed by atoms with van der Waals surface area (Å²) in [6.45, 7) is 5.64. The van der Waals surface area contributed by atoms with Crippen molar-refractivity contribution in [2.45, 2.75) is 46.0 Å². The molecule has 1 N–H and O–H groups in total. The lowest BCUT2D eigenvalue weighted by atomic mass is 10.1. The molecule has 6 nitrogen and oxygen atoms in total. The number of benzene rings is 2. The van der Waals surface area contributed by atoms with Crippen LogP contribution in [0.4, 0.5) is 4.39 Å². The standard InChI is InChI=1S/C24H26FNO5/c1-4-29-21(24(27)28)13-16-9-5-8-12-20(16)30-14-18-22(31-15(2)3)17-10-6-7-11-19(17)26-23(18)25/h5-12,15,21H,4,13-14H2,1-3H3,(H,27,28). The summed E-state index contributed by atoms with van der Waals surface area (Å²) in [7, 11) is 0. The van der Waals surface area contributed by atoms with Crippen LogP contribution in [0.1, 0.15) is 31.9 Å². The maximum atomic E-state index is 14.9. The van der Waals surface area contributed by atoms with Crippen LogP contribution in [0.3, 0.4) is 0 Å². The van der Waals surface area contributed by atoms with Crippen LogP contribution in [-0.2, 0) is 22.6 Å². The lowest BCUT2D eigenvalue weighted by Crippen LogP contribution is -2.26. The molecule has 0 aliphatic carbocycles. The minimum Gasteiger partial charge on any atom is -0.490 e. The molecule has 3 rings (SSSR count). The van der Waals surface area contributed by atoms with Gasteiger partial charge in [0.2, 0.25) is 5.95 Å². The van der Waals surface area contributed by atoms with Crippen LogP contribution < -0.4 is 9.47 Å². The maximum absolute atomic E-state index is 14.9. The molecule has 164 valence electrons. The third-order valence-electron chi connectivity index (χ3n) is 4.64. The second-order valence-electron chi connectivity index (χ2n) is 7.28. The van der Waals surface area contributed by atoms with E-state index in [1.54, 1.807) is 43.3 Å². The predicted molar refractivity (Wildman–Crippen MR) is 115 cm³/mol. The molecule has 1 unspecified atom stereocenters. The van der Waals surface area contributed by atoms with E-state index in [4.69, 9.17) is 14.2 Å². The Hall–Kier alpha value is -3.19. The smallest absolute Gasteiger partial charge is 0.333 e. The van der Waals surface area contributed by atoms with Gasteiger partial charge in [-0.3, -0.25) is 0 Å². The first-order valence-corrected chi connectivity index (χ1v) is 10.2.